The molecule has 1 N–H and O–H groups in total. The van der Waals surface area contributed by atoms with Crippen molar-refractivity contribution in [3.8, 4) is 11.5 Å². The molecule has 2 aliphatic rings. The fourth-order valence-electron chi connectivity index (χ4n) is 4.08. The summed E-state index contributed by atoms with van der Waals surface area (Å²) in [6.45, 7) is 6.17. The fourth-order valence-corrected chi connectivity index (χ4v) is 4.08. The number of benzene rings is 1. The summed E-state index contributed by atoms with van der Waals surface area (Å²) in [5.41, 5.74) is 1.61. The van der Waals surface area contributed by atoms with Crippen LogP contribution in [0.1, 0.15) is 22.3 Å². The van der Waals surface area contributed by atoms with E-state index in [-0.39, 0.29) is 30.7 Å². The lowest BCUT2D eigenvalue weighted by Gasteiger charge is -2.32. The lowest BCUT2D eigenvalue weighted by Crippen LogP contribution is -2.49. The fraction of sp³-hybridized carbons (Fsp3) is 0.524. The topological polar surface area (TPSA) is 71.9 Å². The lowest BCUT2D eigenvalue weighted by molar-refractivity contribution is 0.0773. The molecule has 1 atom stereocenters. The first-order chi connectivity index (χ1) is 14.1. The van der Waals surface area contributed by atoms with E-state index in [4.69, 9.17) is 9.47 Å². The number of methoxy groups -OCH3 is 1. The third kappa shape index (κ3) is 6.04. The molecule has 10 heteroatoms. The van der Waals surface area contributed by atoms with E-state index in [1.165, 1.54) is 0 Å². The normalized spacial score (nSPS) is 18.8. The summed E-state index contributed by atoms with van der Waals surface area (Å²) in [5, 5.41) is 7.53. The molecular formula is C21H31Cl2N5O3. The van der Waals surface area contributed by atoms with Crippen LogP contribution in [-0.4, -0.2) is 77.9 Å². The van der Waals surface area contributed by atoms with Gasteiger partial charge < -0.3 is 19.7 Å². The molecule has 1 aromatic heterocycles. The Labute approximate surface area is 195 Å². The van der Waals surface area contributed by atoms with E-state index < -0.39 is 0 Å². The second-order valence-electron chi connectivity index (χ2n) is 7.66. The molecule has 0 saturated carbocycles. The Morgan fingerprint density at radius 1 is 1.19 bits per heavy atom. The van der Waals surface area contributed by atoms with Gasteiger partial charge >= 0.3 is 0 Å². The average molecular weight is 472 g/mol. The Balaban J connectivity index is 0.00000171. The Kier molecular flexibility index (Phi) is 9.43. The van der Waals surface area contributed by atoms with Gasteiger partial charge in [0, 0.05) is 69.7 Å². The molecule has 0 spiro atoms. The Bertz CT molecular complexity index is 857. The first kappa shape index (κ1) is 25.3. The van der Waals surface area contributed by atoms with Crippen molar-refractivity contribution >= 4 is 30.7 Å². The van der Waals surface area contributed by atoms with Crippen LogP contribution in [0, 0.1) is 0 Å². The van der Waals surface area contributed by atoms with Crippen molar-refractivity contribution in [1.82, 2.24) is 24.9 Å². The minimum absolute atomic E-state index is 0. The highest BCUT2D eigenvalue weighted by molar-refractivity contribution is 5.95. The van der Waals surface area contributed by atoms with Gasteiger partial charge in [-0.3, -0.25) is 14.4 Å². The minimum Gasteiger partial charge on any atom is -0.493 e. The van der Waals surface area contributed by atoms with Crippen molar-refractivity contribution in [2.24, 2.45) is 7.05 Å². The zero-order valence-electron chi connectivity index (χ0n) is 18.0. The molecular weight excluding hydrogens is 441 g/mol. The van der Waals surface area contributed by atoms with E-state index in [1.807, 2.05) is 30.3 Å². The smallest absolute Gasteiger partial charge is 0.254 e. The zero-order chi connectivity index (χ0) is 20.2. The van der Waals surface area contributed by atoms with Crippen LogP contribution in [0.2, 0.25) is 0 Å². The van der Waals surface area contributed by atoms with Crippen molar-refractivity contribution in [2.45, 2.75) is 19.1 Å². The maximum atomic E-state index is 13.0. The predicted octanol–water partition coefficient (Wildman–Crippen LogP) is 1.97. The molecule has 31 heavy (non-hydrogen) atoms. The van der Waals surface area contributed by atoms with Crippen molar-refractivity contribution in [3.63, 3.8) is 0 Å². The lowest BCUT2D eigenvalue weighted by atomic mass is 10.1. The Morgan fingerprint density at radius 2 is 1.97 bits per heavy atom. The maximum Gasteiger partial charge on any atom is 0.254 e. The van der Waals surface area contributed by atoms with Gasteiger partial charge in [0.2, 0.25) is 0 Å². The molecule has 2 aliphatic heterocycles. The summed E-state index contributed by atoms with van der Waals surface area (Å²) in [7, 11) is 3.46. The zero-order valence-corrected chi connectivity index (χ0v) is 19.6. The van der Waals surface area contributed by atoms with Crippen LogP contribution < -0.4 is 14.8 Å². The van der Waals surface area contributed by atoms with Crippen molar-refractivity contribution in [3.05, 3.63) is 41.7 Å². The quantitative estimate of drug-likeness (QED) is 0.694. The van der Waals surface area contributed by atoms with E-state index in [0.717, 1.165) is 51.3 Å². The number of hydrogen-bond donors (Lipinski definition) is 1. The van der Waals surface area contributed by atoms with Crippen molar-refractivity contribution < 1.29 is 14.3 Å². The number of nitrogens with zero attached hydrogens (tertiary/aromatic N) is 4. The first-order valence-corrected chi connectivity index (χ1v) is 10.2. The number of likely N-dealkylation sites (tertiary alicyclic amines) is 1. The van der Waals surface area contributed by atoms with E-state index >= 15 is 0 Å². The van der Waals surface area contributed by atoms with Gasteiger partial charge in [-0.05, 0) is 24.6 Å². The van der Waals surface area contributed by atoms with Crippen LogP contribution in [0.4, 0.5) is 0 Å². The summed E-state index contributed by atoms with van der Waals surface area (Å²) < 4.78 is 13.1. The van der Waals surface area contributed by atoms with Gasteiger partial charge in [-0.15, -0.1) is 24.8 Å². The van der Waals surface area contributed by atoms with Gasteiger partial charge in [0.1, 0.15) is 6.61 Å². The summed E-state index contributed by atoms with van der Waals surface area (Å²) in [6.07, 6.45) is 4.72. The summed E-state index contributed by atoms with van der Waals surface area (Å²) in [6, 6.07) is 5.87. The summed E-state index contributed by atoms with van der Waals surface area (Å²) in [5.74, 6) is 1.24. The number of amides is 1. The monoisotopic (exact) mass is 471 g/mol. The third-order valence-corrected chi connectivity index (χ3v) is 5.68. The van der Waals surface area contributed by atoms with Gasteiger partial charge in [-0.1, -0.05) is 0 Å². The van der Waals surface area contributed by atoms with E-state index in [9.17, 15) is 4.79 Å². The van der Waals surface area contributed by atoms with Crippen LogP contribution in [0.25, 0.3) is 0 Å². The largest absolute Gasteiger partial charge is 0.493 e. The van der Waals surface area contributed by atoms with Gasteiger partial charge in [0.25, 0.3) is 5.91 Å². The molecule has 8 nitrogen and oxygen atoms in total. The second-order valence-corrected chi connectivity index (χ2v) is 7.66. The number of aromatic nitrogens is 2. The van der Waals surface area contributed by atoms with Crippen LogP contribution in [-0.2, 0) is 13.7 Å². The van der Waals surface area contributed by atoms with Crippen LogP contribution in [0.15, 0.2) is 30.6 Å². The molecule has 2 fully saturated rings. The third-order valence-electron chi connectivity index (χ3n) is 5.68. The highest BCUT2D eigenvalue weighted by Crippen LogP contribution is 2.30. The average Bonchev–Trinajstić information content (AvgIpc) is 3.41. The van der Waals surface area contributed by atoms with Gasteiger partial charge in [0.05, 0.1) is 13.3 Å². The molecule has 4 rings (SSSR count). The highest BCUT2D eigenvalue weighted by atomic mass is 35.5. The molecule has 0 bridgehead atoms. The number of carbonyl (C=O) groups is 1. The van der Waals surface area contributed by atoms with E-state index in [2.05, 4.69) is 15.3 Å². The summed E-state index contributed by atoms with van der Waals surface area (Å²) in [4.78, 5) is 17.5. The van der Waals surface area contributed by atoms with Gasteiger partial charge in [-0.25, -0.2) is 0 Å². The van der Waals surface area contributed by atoms with E-state index in [0.29, 0.717) is 29.7 Å². The van der Waals surface area contributed by atoms with Gasteiger partial charge in [0.15, 0.2) is 11.5 Å². The molecule has 1 amide bonds. The predicted molar refractivity (Wildman–Crippen MR) is 124 cm³/mol. The standard InChI is InChI=1S/C21H29N5O3.2ClH/c1-24-13-16(12-23-24)15-29-19-4-3-17(11-20(19)28-2)21(27)26-8-5-18(14-26)25-9-6-22-7-10-25;;/h3-4,11-13,18,22H,5-10,14-15H2,1-2H3;2*1H. The van der Waals surface area contributed by atoms with Crippen molar-refractivity contribution in [1.29, 1.82) is 0 Å². The van der Waals surface area contributed by atoms with Crippen LogP contribution >= 0.6 is 24.8 Å². The van der Waals surface area contributed by atoms with Crippen molar-refractivity contribution in [2.75, 3.05) is 46.4 Å². The van der Waals surface area contributed by atoms with Gasteiger partial charge in [-0.2, -0.15) is 5.10 Å². The first-order valence-electron chi connectivity index (χ1n) is 10.2. The number of hydrogen-bond acceptors (Lipinski definition) is 6. The summed E-state index contributed by atoms with van der Waals surface area (Å²) >= 11 is 0. The molecule has 0 radical (unpaired) electrons. The molecule has 0 aliphatic carbocycles. The molecule has 3 heterocycles. The van der Waals surface area contributed by atoms with Crippen LogP contribution in [0.5, 0.6) is 11.5 Å². The number of halogens is 2. The number of piperazine rings is 1. The SMILES string of the molecule is COc1cc(C(=O)N2CCC(N3CCNCC3)C2)ccc1OCc1cnn(C)c1.Cl.Cl. The number of nitrogens with one attached hydrogen (secondary N) is 1. The second kappa shape index (κ2) is 11.6. The Hall–Kier alpha value is -2.00. The molecule has 2 saturated heterocycles. The van der Waals surface area contributed by atoms with E-state index in [1.54, 1.807) is 24.1 Å². The number of rotatable bonds is 6. The molecule has 2 aromatic rings. The number of carbonyl (C=O) groups excluding carboxylic acids is 1. The highest BCUT2D eigenvalue weighted by Gasteiger charge is 2.31. The maximum absolute atomic E-state index is 13.0. The molecule has 1 unspecified atom stereocenters. The Morgan fingerprint density at radius 3 is 2.65 bits per heavy atom. The number of aryl methyl sites for hydroxylation is 1. The number of ether oxygens (including phenoxy) is 2. The minimum atomic E-state index is 0. The van der Waals surface area contributed by atoms with Crippen LogP contribution in [0.3, 0.4) is 0 Å². The molecule has 1 aromatic carbocycles. The molecule has 172 valence electrons.